The minimum atomic E-state index is -1.45. The molecule has 1 atom stereocenters. The van der Waals surface area contributed by atoms with Crippen LogP contribution in [0, 0.1) is 17.1 Å². The van der Waals surface area contributed by atoms with Crippen molar-refractivity contribution in [2.24, 2.45) is 0 Å². The van der Waals surface area contributed by atoms with E-state index in [2.05, 4.69) is 5.32 Å². The van der Waals surface area contributed by atoms with Crippen molar-refractivity contribution in [1.82, 2.24) is 5.32 Å². The summed E-state index contributed by atoms with van der Waals surface area (Å²) in [6.07, 6.45) is -1.36. The first-order valence-electron chi connectivity index (χ1n) is 6.68. The van der Waals surface area contributed by atoms with Gasteiger partial charge < -0.3 is 20.3 Å². The number of nitriles is 1. The Bertz CT molecular complexity index is 661. The molecule has 0 aliphatic rings. The zero-order chi connectivity index (χ0) is 17.8. The second kappa shape index (κ2) is 6.96. The molecule has 0 radical (unpaired) electrons. The number of nitrogens with one attached hydrogen (secondary N) is 1. The number of carboxylic acid groups (broad SMARTS) is 1. The molecule has 1 aromatic rings. The Balaban J connectivity index is 2.96. The number of carbonyl (C=O) groups excluding carboxylic acids is 1. The minimum absolute atomic E-state index is 0.122. The number of aliphatic carboxylic acids is 1. The molecular formula is C15H17FN2O5. The van der Waals surface area contributed by atoms with Gasteiger partial charge in [-0.1, -0.05) is 6.07 Å². The first-order valence-corrected chi connectivity index (χ1v) is 6.68. The van der Waals surface area contributed by atoms with Gasteiger partial charge in [0.05, 0.1) is 0 Å². The molecule has 0 aliphatic heterocycles. The number of alkyl carbamates (subject to hydrolysis) is 1. The fourth-order valence-corrected chi connectivity index (χ4v) is 1.74. The zero-order valence-corrected chi connectivity index (χ0v) is 12.9. The van der Waals surface area contributed by atoms with E-state index in [1.54, 1.807) is 20.8 Å². The second-order valence-electron chi connectivity index (χ2n) is 5.79. The SMILES string of the molecule is CC(C)(C)OC(=O)NC(Cc1ccc(O)c(C#N)c1F)C(=O)O. The number of carboxylic acids is 1. The third-order valence-corrected chi connectivity index (χ3v) is 2.72. The summed E-state index contributed by atoms with van der Waals surface area (Å²) in [6.45, 7) is 4.84. The highest BCUT2D eigenvalue weighted by Crippen LogP contribution is 2.23. The normalized spacial score (nSPS) is 12.1. The smallest absolute Gasteiger partial charge is 0.408 e. The Morgan fingerprint density at radius 1 is 1.43 bits per heavy atom. The largest absolute Gasteiger partial charge is 0.506 e. The number of phenolic OH excluding ortho intramolecular Hbond substituents is 1. The molecule has 0 fully saturated rings. The van der Waals surface area contributed by atoms with Crippen LogP contribution in [0.25, 0.3) is 0 Å². The van der Waals surface area contributed by atoms with E-state index in [-0.39, 0.29) is 5.56 Å². The summed E-state index contributed by atoms with van der Waals surface area (Å²) in [5, 5.41) is 29.4. The van der Waals surface area contributed by atoms with E-state index in [1.165, 1.54) is 6.07 Å². The number of hydrogen-bond acceptors (Lipinski definition) is 5. The van der Waals surface area contributed by atoms with Gasteiger partial charge in [-0.05, 0) is 32.4 Å². The zero-order valence-electron chi connectivity index (χ0n) is 12.9. The minimum Gasteiger partial charge on any atom is -0.506 e. The third-order valence-electron chi connectivity index (χ3n) is 2.72. The summed E-state index contributed by atoms with van der Waals surface area (Å²) in [4.78, 5) is 22.9. The van der Waals surface area contributed by atoms with Crippen molar-refractivity contribution in [3.05, 3.63) is 29.1 Å². The number of carbonyl (C=O) groups is 2. The van der Waals surface area contributed by atoms with Gasteiger partial charge in [0, 0.05) is 6.42 Å². The van der Waals surface area contributed by atoms with Crippen LogP contribution in [-0.4, -0.2) is 33.9 Å². The topological polar surface area (TPSA) is 120 Å². The van der Waals surface area contributed by atoms with E-state index in [0.29, 0.717) is 0 Å². The predicted molar refractivity (Wildman–Crippen MR) is 77.3 cm³/mol. The van der Waals surface area contributed by atoms with E-state index in [9.17, 15) is 19.1 Å². The molecule has 1 rings (SSSR count). The van der Waals surface area contributed by atoms with Crippen LogP contribution in [0.4, 0.5) is 9.18 Å². The lowest BCUT2D eigenvalue weighted by Gasteiger charge is -2.22. The number of halogens is 1. The van der Waals surface area contributed by atoms with Gasteiger partial charge in [-0.25, -0.2) is 14.0 Å². The summed E-state index contributed by atoms with van der Waals surface area (Å²) in [6, 6.07) is 2.28. The van der Waals surface area contributed by atoms with Crippen molar-refractivity contribution >= 4 is 12.1 Å². The molecule has 0 heterocycles. The molecule has 0 saturated carbocycles. The van der Waals surface area contributed by atoms with Gasteiger partial charge in [0.25, 0.3) is 0 Å². The lowest BCUT2D eigenvalue weighted by molar-refractivity contribution is -0.139. The van der Waals surface area contributed by atoms with Gasteiger partial charge >= 0.3 is 12.1 Å². The van der Waals surface area contributed by atoms with Crippen LogP contribution in [0.3, 0.4) is 0 Å². The number of aromatic hydroxyl groups is 1. The fourth-order valence-electron chi connectivity index (χ4n) is 1.74. The van der Waals surface area contributed by atoms with E-state index >= 15 is 0 Å². The highest BCUT2D eigenvalue weighted by Gasteiger charge is 2.26. The van der Waals surface area contributed by atoms with E-state index < -0.39 is 47.3 Å². The van der Waals surface area contributed by atoms with Crippen LogP contribution in [0.5, 0.6) is 5.75 Å². The standard InChI is InChI=1S/C15H17FN2O5/c1-15(2,3)23-14(22)18-10(13(20)21)6-8-4-5-11(19)9(7-17)12(8)16/h4-5,10,19H,6H2,1-3H3,(H,18,22)(H,20,21). The first-order chi connectivity index (χ1) is 10.5. The van der Waals surface area contributed by atoms with Crippen LogP contribution >= 0.6 is 0 Å². The molecule has 1 aromatic carbocycles. The number of amides is 1. The van der Waals surface area contributed by atoms with Crippen LogP contribution < -0.4 is 5.32 Å². The molecule has 0 aliphatic carbocycles. The Labute approximate surface area is 132 Å². The van der Waals surface area contributed by atoms with E-state index in [4.69, 9.17) is 15.1 Å². The number of ether oxygens (including phenoxy) is 1. The highest BCUT2D eigenvalue weighted by atomic mass is 19.1. The molecule has 0 bridgehead atoms. The predicted octanol–water partition coefficient (Wildman–Crippen LogP) is 1.92. The van der Waals surface area contributed by atoms with Crippen LogP contribution in [0.2, 0.25) is 0 Å². The molecule has 124 valence electrons. The quantitative estimate of drug-likeness (QED) is 0.778. The Morgan fingerprint density at radius 2 is 2.04 bits per heavy atom. The van der Waals surface area contributed by atoms with Crippen molar-refractivity contribution in [2.75, 3.05) is 0 Å². The molecule has 0 aromatic heterocycles. The van der Waals surface area contributed by atoms with E-state index in [0.717, 1.165) is 12.1 Å². The lowest BCUT2D eigenvalue weighted by atomic mass is 10.0. The van der Waals surface area contributed by atoms with Gasteiger partial charge in [0.1, 0.15) is 34.8 Å². The van der Waals surface area contributed by atoms with Gasteiger partial charge in [-0.15, -0.1) is 0 Å². The number of benzene rings is 1. The fraction of sp³-hybridized carbons (Fsp3) is 0.400. The van der Waals surface area contributed by atoms with Crippen molar-refractivity contribution in [1.29, 1.82) is 5.26 Å². The maximum atomic E-state index is 14.0. The summed E-state index contributed by atoms with van der Waals surface area (Å²) < 4.78 is 19.0. The molecule has 1 unspecified atom stereocenters. The number of hydrogen-bond donors (Lipinski definition) is 3. The summed E-state index contributed by atoms with van der Waals surface area (Å²) in [7, 11) is 0. The average Bonchev–Trinajstić information content (AvgIpc) is 2.39. The Morgan fingerprint density at radius 3 is 2.52 bits per heavy atom. The molecule has 0 saturated heterocycles. The molecular weight excluding hydrogens is 307 g/mol. The maximum Gasteiger partial charge on any atom is 0.408 e. The monoisotopic (exact) mass is 324 g/mol. The van der Waals surface area contributed by atoms with Gasteiger partial charge in [-0.2, -0.15) is 5.26 Å². The number of phenols is 1. The lowest BCUT2D eigenvalue weighted by Crippen LogP contribution is -2.44. The summed E-state index contributed by atoms with van der Waals surface area (Å²) in [5.74, 6) is -2.95. The summed E-state index contributed by atoms with van der Waals surface area (Å²) >= 11 is 0. The van der Waals surface area contributed by atoms with Crippen LogP contribution in [0.15, 0.2) is 12.1 Å². The van der Waals surface area contributed by atoms with Crippen molar-refractivity contribution in [2.45, 2.75) is 38.8 Å². The van der Waals surface area contributed by atoms with Crippen molar-refractivity contribution in [3.8, 4) is 11.8 Å². The van der Waals surface area contributed by atoms with Crippen LogP contribution in [0.1, 0.15) is 31.9 Å². The van der Waals surface area contributed by atoms with Crippen molar-refractivity contribution < 1.29 is 28.9 Å². The van der Waals surface area contributed by atoms with Crippen molar-refractivity contribution in [3.63, 3.8) is 0 Å². The Hall–Kier alpha value is -2.82. The molecule has 7 nitrogen and oxygen atoms in total. The van der Waals surface area contributed by atoms with Gasteiger partial charge in [-0.3, -0.25) is 0 Å². The third kappa shape index (κ3) is 5.14. The average molecular weight is 324 g/mol. The maximum absolute atomic E-state index is 14.0. The molecule has 1 amide bonds. The highest BCUT2D eigenvalue weighted by molar-refractivity contribution is 5.80. The summed E-state index contributed by atoms with van der Waals surface area (Å²) in [5.41, 5.74) is -1.52. The molecule has 8 heteroatoms. The van der Waals surface area contributed by atoms with Gasteiger partial charge in [0.15, 0.2) is 0 Å². The molecule has 0 spiro atoms. The number of nitrogens with zero attached hydrogens (tertiary/aromatic N) is 1. The first kappa shape index (κ1) is 18.2. The molecule has 3 N–H and O–H groups in total. The van der Waals surface area contributed by atoms with E-state index in [1.807, 2.05) is 0 Å². The Kier molecular flexibility index (Phi) is 5.52. The second-order valence-corrected chi connectivity index (χ2v) is 5.79. The number of rotatable bonds is 4. The van der Waals surface area contributed by atoms with Crippen LogP contribution in [-0.2, 0) is 16.0 Å². The van der Waals surface area contributed by atoms with Gasteiger partial charge in [0.2, 0.25) is 0 Å². The molecule has 23 heavy (non-hydrogen) atoms.